The Kier molecular flexibility index (Phi) is 6.19. The summed E-state index contributed by atoms with van der Waals surface area (Å²) in [5.74, 6) is -0.809. The minimum Gasteiger partial charge on any atom is -0.478 e. The summed E-state index contributed by atoms with van der Waals surface area (Å²) in [6, 6.07) is 3.85. The molecule has 5 heterocycles. The smallest absolute Gasteiger partial charge is 0.335 e. The molecule has 0 unspecified atom stereocenters. The maximum absolute atomic E-state index is 14.6. The number of carboxylic acids is 1. The summed E-state index contributed by atoms with van der Waals surface area (Å²) >= 11 is 1.39. The number of rotatable bonds is 7. The minimum atomic E-state index is -1.11. The fourth-order valence-corrected chi connectivity index (χ4v) is 9.09. The summed E-state index contributed by atoms with van der Waals surface area (Å²) in [6.07, 6.45) is 5.86. The summed E-state index contributed by atoms with van der Waals surface area (Å²) < 4.78 is 14.6. The van der Waals surface area contributed by atoms with Gasteiger partial charge in [-0.05, 0) is 49.8 Å². The number of nitrogens with one attached hydrogen (secondary N) is 1. The van der Waals surface area contributed by atoms with E-state index in [0.717, 1.165) is 32.2 Å². The first-order chi connectivity index (χ1) is 21.2. The number of carboxylic acid groups (broad SMARTS) is 1. The fraction of sp³-hybridized carbons (Fsp3) is 0.516. The Bertz CT molecular complexity index is 1620. The van der Waals surface area contributed by atoms with Crippen LogP contribution in [0.2, 0.25) is 0 Å². The quantitative estimate of drug-likeness (QED) is 0.489. The van der Waals surface area contributed by atoms with Crippen molar-refractivity contribution < 1.29 is 23.9 Å². The van der Waals surface area contributed by atoms with E-state index in [1.807, 2.05) is 10.3 Å². The average molecular weight is 620 g/mol. The van der Waals surface area contributed by atoms with E-state index in [0.29, 0.717) is 66.8 Å². The lowest BCUT2D eigenvalue weighted by Crippen LogP contribution is -2.83. The third-order valence-electron chi connectivity index (χ3n) is 10.6. The topological polar surface area (TPSA) is 122 Å². The number of piperazine rings is 1. The van der Waals surface area contributed by atoms with E-state index < -0.39 is 17.8 Å². The van der Waals surface area contributed by atoms with Gasteiger partial charge in [0.2, 0.25) is 5.91 Å². The molecule has 3 aliphatic carbocycles. The number of aliphatic carboxylic acids is 1. The average Bonchev–Trinajstić information content (AvgIpc) is 3.70. The maximum atomic E-state index is 14.6. The molecule has 3 saturated heterocycles. The van der Waals surface area contributed by atoms with Gasteiger partial charge in [0.1, 0.15) is 11.9 Å². The molecule has 3 saturated carbocycles. The zero-order valence-corrected chi connectivity index (χ0v) is 25.3. The number of likely N-dealkylation sites (tertiary alicyclic amines) is 1. The Hall–Kier alpha value is -3.84. The van der Waals surface area contributed by atoms with Crippen LogP contribution in [-0.4, -0.2) is 110 Å². The van der Waals surface area contributed by atoms with Crippen molar-refractivity contribution in [3.8, 4) is 0 Å². The van der Waals surface area contributed by atoms with Gasteiger partial charge < -0.3 is 25.1 Å². The van der Waals surface area contributed by atoms with Crippen molar-refractivity contribution in [1.29, 1.82) is 0 Å². The van der Waals surface area contributed by atoms with E-state index >= 15 is 0 Å². The molecule has 230 valence electrons. The van der Waals surface area contributed by atoms with Gasteiger partial charge in [0, 0.05) is 68.5 Å². The molecule has 3 amide bonds. The molecule has 9 rings (SSSR count). The van der Waals surface area contributed by atoms with E-state index in [9.17, 15) is 23.9 Å². The van der Waals surface area contributed by atoms with E-state index in [1.165, 1.54) is 17.4 Å². The zero-order chi connectivity index (χ0) is 30.4. The number of hydrogen-bond donors (Lipinski definition) is 2. The van der Waals surface area contributed by atoms with Gasteiger partial charge in [-0.1, -0.05) is 12.1 Å². The van der Waals surface area contributed by atoms with E-state index in [1.54, 1.807) is 25.3 Å². The first kappa shape index (κ1) is 27.7. The van der Waals surface area contributed by atoms with Crippen LogP contribution < -0.4 is 5.32 Å². The summed E-state index contributed by atoms with van der Waals surface area (Å²) in [5.41, 5.74) is 1.27. The van der Waals surface area contributed by atoms with Crippen molar-refractivity contribution in [2.75, 3.05) is 39.3 Å². The molecule has 2 N–H and O–H groups in total. The molecular formula is C31H34FN7O4S. The van der Waals surface area contributed by atoms with Crippen LogP contribution in [0, 0.1) is 12.7 Å². The Labute approximate surface area is 258 Å². The highest BCUT2D eigenvalue weighted by Crippen LogP contribution is 2.67. The number of amides is 3. The third kappa shape index (κ3) is 4.04. The number of hydrogen-bond acceptors (Lipinski definition) is 8. The Balaban J connectivity index is 1.02. The molecule has 7 aliphatic rings. The van der Waals surface area contributed by atoms with Crippen LogP contribution in [0.5, 0.6) is 0 Å². The van der Waals surface area contributed by atoms with E-state index in [2.05, 4.69) is 25.0 Å². The SMILES string of the molecule is Cc1c(F)cccc1[C@@H]1N=C(c2nccs2)NC(CN2CCN3C(=O)N(C45CC(N6CCCC6=O)(C4)C5)C[C@@H]3C2)=C1C(=O)O. The van der Waals surface area contributed by atoms with Crippen molar-refractivity contribution in [3.05, 3.63) is 63.0 Å². The van der Waals surface area contributed by atoms with Crippen molar-refractivity contribution in [3.63, 3.8) is 0 Å². The summed E-state index contributed by atoms with van der Waals surface area (Å²) in [6.45, 7) is 5.20. The largest absolute Gasteiger partial charge is 0.478 e. The van der Waals surface area contributed by atoms with Crippen molar-refractivity contribution in [1.82, 2.24) is 29.9 Å². The molecule has 0 spiro atoms. The first-order valence-corrected chi connectivity index (χ1v) is 16.1. The van der Waals surface area contributed by atoms with Gasteiger partial charge in [-0.2, -0.15) is 0 Å². The van der Waals surface area contributed by atoms with Crippen LogP contribution in [0.4, 0.5) is 9.18 Å². The number of benzene rings is 1. The second kappa shape index (κ2) is 9.83. The number of amidine groups is 1. The first-order valence-electron chi connectivity index (χ1n) is 15.3. The molecule has 2 bridgehead atoms. The molecule has 4 aliphatic heterocycles. The lowest BCUT2D eigenvalue weighted by molar-refractivity contribution is -0.211. The molecule has 13 heteroatoms. The number of halogens is 1. The molecule has 6 fully saturated rings. The zero-order valence-electron chi connectivity index (χ0n) is 24.5. The molecule has 2 atom stereocenters. The lowest BCUT2D eigenvalue weighted by Gasteiger charge is -2.75. The number of aromatic nitrogens is 1. The second-order valence-corrected chi connectivity index (χ2v) is 14.0. The number of thiazole rings is 1. The highest BCUT2D eigenvalue weighted by Gasteiger charge is 2.75. The van der Waals surface area contributed by atoms with Crippen molar-refractivity contribution >= 4 is 35.1 Å². The van der Waals surface area contributed by atoms with Gasteiger partial charge >= 0.3 is 12.0 Å². The van der Waals surface area contributed by atoms with Crippen molar-refractivity contribution in [2.45, 2.75) is 62.2 Å². The number of aliphatic imine (C=N–C) groups is 1. The van der Waals surface area contributed by atoms with Crippen LogP contribution in [-0.2, 0) is 9.59 Å². The predicted molar refractivity (Wildman–Crippen MR) is 160 cm³/mol. The van der Waals surface area contributed by atoms with Gasteiger partial charge in [-0.25, -0.2) is 19.0 Å². The molecule has 11 nitrogen and oxygen atoms in total. The molecule has 0 radical (unpaired) electrons. The Morgan fingerprint density at radius 1 is 1.14 bits per heavy atom. The van der Waals surface area contributed by atoms with E-state index in [-0.39, 0.29) is 34.6 Å². The van der Waals surface area contributed by atoms with Crippen LogP contribution in [0.3, 0.4) is 0 Å². The number of carbonyl (C=O) groups is 3. The van der Waals surface area contributed by atoms with Crippen LogP contribution >= 0.6 is 11.3 Å². The van der Waals surface area contributed by atoms with Crippen LogP contribution in [0.25, 0.3) is 0 Å². The van der Waals surface area contributed by atoms with Gasteiger partial charge in [0.05, 0.1) is 17.2 Å². The van der Waals surface area contributed by atoms with Gasteiger partial charge in [0.15, 0.2) is 10.8 Å². The number of fused-ring (bicyclic) bond motifs is 1. The summed E-state index contributed by atoms with van der Waals surface area (Å²) in [7, 11) is 0. The molecule has 1 aromatic heterocycles. The standard InChI is InChI=1S/C31H34FN7O4S/c1-18-20(4-2-5-21(18)32)25-24(28(41)42)22(34-26(35-25)27-33-7-11-44-27)14-36-9-10-37-19(12-36)13-39(29(37)43)31-15-30(16-31,17-31)38-8-3-6-23(38)40/h2,4-5,7,11,19,25H,3,6,8-10,12-17H2,1H3,(H,34,35)(H,41,42)/t19-,25-,30?,31?/m0/s1. The van der Waals surface area contributed by atoms with E-state index in [4.69, 9.17) is 4.99 Å². The van der Waals surface area contributed by atoms with Gasteiger partial charge in [-0.3, -0.25) is 14.7 Å². The highest BCUT2D eigenvalue weighted by atomic mass is 32.1. The second-order valence-electron chi connectivity index (χ2n) is 13.1. The van der Waals surface area contributed by atoms with Crippen LogP contribution in [0.15, 0.2) is 46.0 Å². The van der Waals surface area contributed by atoms with Crippen LogP contribution in [0.1, 0.15) is 54.3 Å². The highest BCUT2D eigenvalue weighted by molar-refractivity contribution is 7.11. The predicted octanol–water partition coefficient (Wildman–Crippen LogP) is 2.74. The van der Waals surface area contributed by atoms with Gasteiger partial charge in [-0.15, -0.1) is 11.3 Å². The lowest BCUT2D eigenvalue weighted by atomic mass is 9.42. The van der Waals surface area contributed by atoms with Gasteiger partial charge in [0.25, 0.3) is 0 Å². The summed E-state index contributed by atoms with van der Waals surface area (Å²) in [5, 5.41) is 16.2. The molecule has 1 aromatic carbocycles. The number of nitrogens with zero attached hydrogens (tertiary/aromatic N) is 6. The normalized spacial score (nSPS) is 31.5. The summed E-state index contributed by atoms with van der Waals surface area (Å²) in [4.78, 5) is 56.1. The minimum absolute atomic E-state index is 0.000438. The number of carbonyl (C=O) groups excluding carboxylic acids is 2. The molecule has 2 aromatic rings. The molecular weight excluding hydrogens is 585 g/mol. The third-order valence-corrected chi connectivity index (χ3v) is 11.4. The Morgan fingerprint density at radius 3 is 2.64 bits per heavy atom. The monoisotopic (exact) mass is 619 g/mol. The fourth-order valence-electron chi connectivity index (χ4n) is 8.51. The van der Waals surface area contributed by atoms with Crippen molar-refractivity contribution in [2.24, 2.45) is 4.99 Å². The Morgan fingerprint density at radius 2 is 1.93 bits per heavy atom. The maximum Gasteiger partial charge on any atom is 0.335 e. The molecule has 44 heavy (non-hydrogen) atoms. The number of urea groups is 1.